The average Bonchev–Trinajstić information content (AvgIpc) is 2.37. The number of aromatic nitrogens is 1. The quantitative estimate of drug-likeness (QED) is 0.866. The maximum Gasteiger partial charge on any atom is 0.126 e. The first-order valence-electron chi connectivity index (χ1n) is 6.67. The van der Waals surface area contributed by atoms with Crippen molar-refractivity contribution in [3.63, 3.8) is 0 Å². The normalized spacial score (nSPS) is 18.2. The summed E-state index contributed by atoms with van der Waals surface area (Å²) < 4.78 is 0. The summed E-state index contributed by atoms with van der Waals surface area (Å²) in [5, 5.41) is 3.46. The second kappa shape index (κ2) is 6.01. The number of piperidine rings is 1. The Labute approximate surface area is 104 Å². The summed E-state index contributed by atoms with van der Waals surface area (Å²) >= 11 is 0. The minimum atomic E-state index is 0.806. The number of anilines is 1. The van der Waals surface area contributed by atoms with E-state index in [0.29, 0.717) is 0 Å². The molecule has 0 spiro atoms. The Morgan fingerprint density at radius 2 is 2.18 bits per heavy atom. The lowest BCUT2D eigenvalue weighted by Gasteiger charge is -2.31. The van der Waals surface area contributed by atoms with Gasteiger partial charge < -0.3 is 10.2 Å². The number of hydrogen-bond donors (Lipinski definition) is 1. The predicted molar refractivity (Wildman–Crippen MR) is 72.3 cm³/mol. The van der Waals surface area contributed by atoms with E-state index in [4.69, 9.17) is 0 Å². The highest BCUT2D eigenvalue weighted by Gasteiger charge is 2.17. The summed E-state index contributed by atoms with van der Waals surface area (Å²) in [7, 11) is 0. The molecule has 3 heteroatoms. The lowest BCUT2D eigenvalue weighted by Crippen LogP contribution is -2.35. The molecule has 1 N–H and O–H groups in total. The van der Waals surface area contributed by atoms with Crippen LogP contribution in [0.5, 0.6) is 0 Å². The molecule has 1 aromatic rings. The highest BCUT2D eigenvalue weighted by molar-refractivity contribution is 5.36. The Kier molecular flexibility index (Phi) is 4.37. The monoisotopic (exact) mass is 233 g/mol. The minimum absolute atomic E-state index is 0.806. The lowest BCUT2D eigenvalue weighted by molar-refractivity contribution is 0.198. The number of pyridine rings is 1. The maximum absolute atomic E-state index is 4.33. The fourth-order valence-electron chi connectivity index (χ4n) is 2.39. The number of hydrogen-bond acceptors (Lipinski definition) is 3. The zero-order chi connectivity index (χ0) is 12.1. The van der Waals surface area contributed by atoms with Gasteiger partial charge in [-0.1, -0.05) is 6.92 Å². The van der Waals surface area contributed by atoms with Gasteiger partial charge in [0.25, 0.3) is 0 Å². The number of rotatable bonds is 4. The number of aryl methyl sites for hydroxylation is 1. The van der Waals surface area contributed by atoms with Crippen molar-refractivity contribution in [3.05, 3.63) is 23.9 Å². The van der Waals surface area contributed by atoms with Gasteiger partial charge in [0.15, 0.2) is 0 Å². The number of likely N-dealkylation sites (tertiary alicyclic amines) is 1. The van der Waals surface area contributed by atoms with E-state index in [1.807, 2.05) is 12.3 Å². The van der Waals surface area contributed by atoms with E-state index >= 15 is 0 Å². The van der Waals surface area contributed by atoms with Crippen LogP contribution in [-0.4, -0.2) is 36.1 Å². The molecule has 1 aliphatic heterocycles. The van der Waals surface area contributed by atoms with Gasteiger partial charge in [0, 0.05) is 12.7 Å². The molecule has 3 nitrogen and oxygen atoms in total. The van der Waals surface area contributed by atoms with Gasteiger partial charge in [0.05, 0.1) is 0 Å². The topological polar surface area (TPSA) is 28.2 Å². The molecule has 0 amide bonds. The van der Waals surface area contributed by atoms with Gasteiger partial charge in [-0.3, -0.25) is 0 Å². The molecule has 2 heterocycles. The summed E-state index contributed by atoms with van der Waals surface area (Å²) in [4.78, 5) is 6.86. The van der Waals surface area contributed by atoms with Crippen molar-refractivity contribution in [1.29, 1.82) is 0 Å². The van der Waals surface area contributed by atoms with Gasteiger partial charge >= 0.3 is 0 Å². The number of nitrogens with one attached hydrogen (secondary N) is 1. The van der Waals surface area contributed by atoms with Gasteiger partial charge in [0.1, 0.15) is 5.82 Å². The van der Waals surface area contributed by atoms with Gasteiger partial charge in [-0.05, 0) is 63.0 Å². The molecule has 94 valence electrons. The molecule has 0 unspecified atom stereocenters. The second-order valence-electron chi connectivity index (χ2n) is 4.98. The van der Waals surface area contributed by atoms with E-state index in [9.17, 15) is 0 Å². The molecule has 0 saturated carbocycles. The molecular weight excluding hydrogens is 210 g/mol. The van der Waals surface area contributed by atoms with Crippen LogP contribution in [-0.2, 0) is 0 Å². The first-order chi connectivity index (χ1) is 8.28. The predicted octanol–water partition coefficient (Wildman–Crippen LogP) is 2.53. The third kappa shape index (κ3) is 3.70. The molecule has 0 atom stereocenters. The van der Waals surface area contributed by atoms with Crippen LogP contribution < -0.4 is 5.32 Å². The van der Waals surface area contributed by atoms with Crippen molar-refractivity contribution in [2.24, 2.45) is 5.92 Å². The van der Waals surface area contributed by atoms with Crippen LogP contribution in [0.25, 0.3) is 0 Å². The smallest absolute Gasteiger partial charge is 0.126 e. The Hall–Kier alpha value is -1.09. The Morgan fingerprint density at radius 3 is 2.82 bits per heavy atom. The first kappa shape index (κ1) is 12.4. The third-order valence-corrected chi connectivity index (χ3v) is 3.64. The molecule has 1 aliphatic rings. The van der Waals surface area contributed by atoms with Crippen molar-refractivity contribution < 1.29 is 0 Å². The molecule has 0 bridgehead atoms. The molecule has 0 aromatic carbocycles. The Balaban J connectivity index is 1.76. The van der Waals surface area contributed by atoms with Crippen molar-refractivity contribution in [1.82, 2.24) is 9.88 Å². The van der Waals surface area contributed by atoms with Crippen LogP contribution in [0.15, 0.2) is 18.3 Å². The summed E-state index contributed by atoms with van der Waals surface area (Å²) in [6.45, 7) is 9.11. The van der Waals surface area contributed by atoms with Gasteiger partial charge in [-0.25, -0.2) is 4.98 Å². The third-order valence-electron chi connectivity index (χ3n) is 3.64. The van der Waals surface area contributed by atoms with E-state index < -0.39 is 0 Å². The van der Waals surface area contributed by atoms with E-state index in [0.717, 1.165) is 18.3 Å². The molecule has 1 aromatic heterocycles. The second-order valence-corrected chi connectivity index (χ2v) is 4.98. The van der Waals surface area contributed by atoms with Crippen molar-refractivity contribution >= 4 is 5.82 Å². The van der Waals surface area contributed by atoms with Gasteiger partial charge in [0.2, 0.25) is 0 Å². The molecule has 0 aliphatic carbocycles. The van der Waals surface area contributed by atoms with Crippen LogP contribution in [0.2, 0.25) is 0 Å². The van der Waals surface area contributed by atoms with Crippen LogP contribution in [0.4, 0.5) is 5.82 Å². The fourth-order valence-corrected chi connectivity index (χ4v) is 2.39. The highest BCUT2D eigenvalue weighted by Crippen LogP contribution is 2.17. The molecule has 0 radical (unpaired) electrons. The molecule has 1 fully saturated rings. The summed E-state index contributed by atoms with van der Waals surface area (Å²) in [5.74, 6) is 1.82. The van der Waals surface area contributed by atoms with Crippen molar-refractivity contribution in [2.75, 3.05) is 31.5 Å². The molecule has 2 rings (SSSR count). The van der Waals surface area contributed by atoms with Crippen molar-refractivity contribution in [2.45, 2.75) is 26.7 Å². The summed E-state index contributed by atoms with van der Waals surface area (Å²) in [5.41, 5.74) is 1.27. The van der Waals surface area contributed by atoms with Crippen LogP contribution in [0.3, 0.4) is 0 Å². The minimum Gasteiger partial charge on any atom is -0.370 e. The van der Waals surface area contributed by atoms with Crippen LogP contribution in [0.1, 0.15) is 25.3 Å². The van der Waals surface area contributed by atoms with E-state index in [1.54, 1.807) is 0 Å². The molecule has 17 heavy (non-hydrogen) atoms. The maximum atomic E-state index is 4.33. The fraction of sp³-hybridized carbons (Fsp3) is 0.643. The summed E-state index contributed by atoms with van der Waals surface area (Å²) in [6.07, 6.45) is 4.50. The van der Waals surface area contributed by atoms with Crippen LogP contribution in [0, 0.1) is 12.8 Å². The highest BCUT2D eigenvalue weighted by atomic mass is 15.1. The molecule has 1 saturated heterocycles. The summed E-state index contributed by atoms with van der Waals surface area (Å²) in [6, 6.07) is 4.14. The van der Waals surface area contributed by atoms with E-state index in [2.05, 4.69) is 35.1 Å². The van der Waals surface area contributed by atoms with Crippen molar-refractivity contribution in [3.8, 4) is 0 Å². The zero-order valence-electron chi connectivity index (χ0n) is 10.9. The number of nitrogens with zero attached hydrogens (tertiary/aromatic N) is 2. The largest absolute Gasteiger partial charge is 0.370 e. The lowest BCUT2D eigenvalue weighted by atomic mass is 9.97. The molecular formula is C14H23N3. The zero-order valence-corrected chi connectivity index (χ0v) is 10.9. The Morgan fingerprint density at radius 1 is 1.41 bits per heavy atom. The van der Waals surface area contributed by atoms with E-state index in [1.165, 1.54) is 38.0 Å². The van der Waals surface area contributed by atoms with Gasteiger partial charge in [-0.15, -0.1) is 0 Å². The average molecular weight is 233 g/mol. The van der Waals surface area contributed by atoms with Crippen LogP contribution >= 0.6 is 0 Å². The standard InChI is InChI=1S/C14H23N3/c1-3-17-8-5-13(6-9-17)11-16-14-10-12(2)4-7-15-14/h4,7,10,13H,3,5-6,8-9,11H2,1-2H3,(H,15,16). The van der Waals surface area contributed by atoms with Gasteiger partial charge in [-0.2, -0.15) is 0 Å². The first-order valence-corrected chi connectivity index (χ1v) is 6.67. The van der Waals surface area contributed by atoms with E-state index in [-0.39, 0.29) is 0 Å². The SMILES string of the molecule is CCN1CCC(CNc2cc(C)ccn2)CC1. The Bertz CT molecular complexity index is 343.